The number of rotatable bonds is 8. The van der Waals surface area contributed by atoms with E-state index in [1.165, 1.54) is 51.4 Å². The molecule has 172 valence electrons. The molecule has 0 bridgehead atoms. The summed E-state index contributed by atoms with van der Waals surface area (Å²) in [6.45, 7) is 17.2. The predicted octanol–water partition coefficient (Wildman–Crippen LogP) is 6.68. The van der Waals surface area contributed by atoms with Crippen LogP contribution in [0.25, 0.3) is 0 Å². The Kier molecular flexibility index (Phi) is 7.45. The van der Waals surface area contributed by atoms with Crippen LogP contribution in [-0.2, 0) is 18.6 Å². The number of unbranched alkanes of at least 4 members (excludes halogenated alkanes) is 2. The van der Waals surface area contributed by atoms with E-state index < -0.39 is 0 Å². The van der Waals surface area contributed by atoms with Crippen LogP contribution in [0, 0.1) is 5.92 Å². The Morgan fingerprint density at radius 3 is 1.70 bits per heavy atom. The molecule has 0 aromatic carbocycles. The van der Waals surface area contributed by atoms with Crippen molar-refractivity contribution in [3.63, 3.8) is 0 Å². The fraction of sp³-hybridized carbons (Fsp3) is 1.00. The van der Waals surface area contributed by atoms with E-state index in [-0.39, 0.29) is 36.6 Å². The third-order valence-electron chi connectivity index (χ3n) is 8.66. The van der Waals surface area contributed by atoms with Crippen molar-refractivity contribution in [2.75, 3.05) is 0 Å². The lowest BCUT2D eigenvalue weighted by atomic mass is 9.59. The Hall–Kier alpha value is -0.0301. The predicted molar refractivity (Wildman–Crippen MR) is 126 cm³/mol. The van der Waals surface area contributed by atoms with E-state index in [9.17, 15) is 0 Å². The maximum absolute atomic E-state index is 6.50. The minimum absolute atomic E-state index is 0.0544. The van der Waals surface area contributed by atoms with E-state index in [1.54, 1.807) is 0 Å². The van der Waals surface area contributed by atoms with Crippen LogP contribution < -0.4 is 0 Å². The average molecular weight is 420 g/mol. The standard InChI is InChI=1S/C24H46B2O4/c1-21(2)22(3,4)28-25(27-21)18-14-10-13-17-20(19-15-11-9-12-16-19)26-29-23(5,6)24(7,8)30-26/h19-20H,9-18H2,1-8H3. The molecule has 3 aliphatic rings. The SMILES string of the molecule is CC1(C)OB(CCCCCC(B2OC(C)(C)C(C)(C)O2)C2CCCCC2)OC1(C)C. The first-order valence-electron chi connectivity index (χ1n) is 12.6. The van der Waals surface area contributed by atoms with Crippen LogP contribution in [0.15, 0.2) is 0 Å². The Morgan fingerprint density at radius 1 is 0.667 bits per heavy atom. The molecule has 6 heteroatoms. The van der Waals surface area contributed by atoms with Gasteiger partial charge in [-0.2, -0.15) is 0 Å². The molecule has 0 aromatic heterocycles. The van der Waals surface area contributed by atoms with E-state index in [0.29, 0.717) is 5.82 Å². The molecule has 30 heavy (non-hydrogen) atoms. The van der Waals surface area contributed by atoms with Gasteiger partial charge >= 0.3 is 14.2 Å². The van der Waals surface area contributed by atoms with Crippen molar-refractivity contribution >= 4 is 14.2 Å². The van der Waals surface area contributed by atoms with E-state index in [2.05, 4.69) is 55.4 Å². The molecule has 0 N–H and O–H groups in total. The van der Waals surface area contributed by atoms with E-state index in [0.717, 1.165) is 18.7 Å². The Balaban J connectivity index is 1.49. The van der Waals surface area contributed by atoms with Gasteiger partial charge in [-0.05, 0) is 73.4 Å². The Morgan fingerprint density at radius 2 is 1.17 bits per heavy atom. The summed E-state index contributed by atoms with van der Waals surface area (Å²) in [5.74, 6) is 1.26. The summed E-state index contributed by atoms with van der Waals surface area (Å²) >= 11 is 0. The van der Waals surface area contributed by atoms with Crippen LogP contribution >= 0.6 is 0 Å². The molecule has 2 aliphatic heterocycles. The summed E-state index contributed by atoms with van der Waals surface area (Å²) in [5.41, 5.74) is -0.913. The van der Waals surface area contributed by atoms with Crippen LogP contribution in [-0.4, -0.2) is 36.6 Å². The normalized spacial score (nSPS) is 28.8. The van der Waals surface area contributed by atoms with Gasteiger partial charge in [-0.15, -0.1) is 0 Å². The minimum atomic E-state index is -0.235. The van der Waals surface area contributed by atoms with Crippen LogP contribution in [0.4, 0.5) is 0 Å². The van der Waals surface area contributed by atoms with Gasteiger partial charge < -0.3 is 18.6 Å². The molecule has 0 aromatic rings. The number of hydrogen-bond acceptors (Lipinski definition) is 4. The molecule has 1 atom stereocenters. The molecular formula is C24H46B2O4. The first kappa shape index (κ1) is 24.6. The highest BCUT2D eigenvalue weighted by atomic mass is 16.7. The van der Waals surface area contributed by atoms with Crippen LogP contribution in [0.3, 0.4) is 0 Å². The van der Waals surface area contributed by atoms with Gasteiger partial charge in [0.05, 0.1) is 22.4 Å². The van der Waals surface area contributed by atoms with Crippen LogP contribution in [0.1, 0.15) is 113 Å². The lowest BCUT2D eigenvalue weighted by Gasteiger charge is -2.32. The first-order chi connectivity index (χ1) is 13.8. The van der Waals surface area contributed by atoms with Crippen molar-refractivity contribution in [2.45, 2.75) is 148 Å². The van der Waals surface area contributed by atoms with E-state index in [4.69, 9.17) is 18.6 Å². The monoisotopic (exact) mass is 420 g/mol. The highest BCUT2D eigenvalue weighted by Crippen LogP contribution is 2.46. The van der Waals surface area contributed by atoms with Gasteiger partial charge in [-0.1, -0.05) is 57.8 Å². The number of hydrogen-bond donors (Lipinski definition) is 0. The van der Waals surface area contributed by atoms with Gasteiger partial charge in [0.15, 0.2) is 0 Å². The third-order valence-corrected chi connectivity index (χ3v) is 8.66. The molecule has 2 heterocycles. The first-order valence-corrected chi connectivity index (χ1v) is 12.6. The molecular weight excluding hydrogens is 374 g/mol. The van der Waals surface area contributed by atoms with Crippen molar-refractivity contribution in [3.05, 3.63) is 0 Å². The van der Waals surface area contributed by atoms with Crippen LogP contribution in [0.5, 0.6) is 0 Å². The molecule has 4 nitrogen and oxygen atoms in total. The van der Waals surface area contributed by atoms with Crippen molar-refractivity contribution in [1.29, 1.82) is 0 Å². The van der Waals surface area contributed by atoms with Crippen molar-refractivity contribution in [2.24, 2.45) is 5.92 Å². The Bertz CT molecular complexity index is 538. The fourth-order valence-electron chi connectivity index (χ4n) is 5.17. The molecule has 1 aliphatic carbocycles. The molecule has 2 saturated heterocycles. The summed E-state index contributed by atoms with van der Waals surface area (Å²) in [4.78, 5) is 0. The molecule has 0 radical (unpaired) electrons. The summed E-state index contributed by atoms with van der Waals surface area (Å²) in [6, 6.07) is 0. The summed E-state index contributed by atoms with van der Waals surface area (Å²) < 4.78 is 25.3. The van der Waals surface area contributed by atoms with E-state index >= 15 is 0 Å². The smallest absolute Gasteiger partial charge is 0.403 e. The lowest BCUT2D eigenvalue weighted by Crippen LogP contribution is -2.41. The highest BCUT2D eigenvalue weighted by molar-refractivity contribution is 6.47. The van der Waals surface area contributed by atoms with Crippen molar-refractivity contribution in [1.82, 2.24) is 0 Å². The molecule has 0 amide bonds. The maximum Gasteiger partial charge on any atom is 0.461 e. The Labute approximate surface area is 186 Å². The summed E-state index contributed by atoms with van der Waals surface area (Å²) in [6.07, 6.45) is 12.6. The molecule has 1 unspecified atom stereocenters. The largest absolute Gasteiger partial charge is 0.461 e. The second-order valence-corrected chi connectivity index (χ2v) is 12.0. The average Bonchev–Trinajstić information content (AvgIpc) is 2.97. The topological polar surface area (TPSA) is 36.9 Å². The van der Waals surface area contributed by atoms with Gasteiger partial charge in [0, 0.05) is 0 Å². The maximum atomic E-state index is 6.50. The zero-order valence-corrected chi connectivity index (χ0v) is 21.0. The zero-order valence-electron chi connectivity index (χ0n) is 21.0. The second kappa shape index (κ2) is 9.08. The van der Waals surface area contributed by atoms with Gasteiger partial charge in [0.25, 0.3) is 0 Å². The van der Waals surface area contributed by atoms with Gasteiger partial charge in [0.2, 0.25) is 0 Å². The van der Waals surface area contributed by atoms with Crippen molar-refractivity contribution in [3.8, 4) is 0 Å². The summed E-state index contributed by atoms with van der Waals surface area (Å²) in [5, 5.41) is 0. The van der Waals surface area contributed by atoms with Gasteiger partial charge in [-0.25, -0.2) is 0 Å². The quantitative estimate of drug-likeness (QED) is 0.324. The molecule has 3 fully saturated rings. The second-order valence-electron chi connectivity index (χ2n) is 12.0. The van der Waals surface area contributed by atoms with Gasteiger partial charge in [-0.3, -0.25) is 0 Å². The zero-order chi connectivity index (χ0) is 22.2. The minimum Gasteiger partial charge on any atom is -0.403 e. The van der Waals surface area contributed by atoms with Crippen LogP contribution in [0.2, 0.25) is 12.1 Å². The third kappa shape index (κ3) is 5.30. The molecule has 1 saturated carbocycles. The summed E-state index contributed by atoms with van der Waals surface area (Å²) in [7, 11) is -0.117. The molecule has 3 rings (SSSR count). The lowest BCUT2D eigenvalue weighted by molar-refractivity contribution is 0.00578. The molecule has 0 spiro atoms. The highest BCUT2D eigenvalue weighted by Gasteiger charge is 2.55. The fourth-order valence-corrected chi connectivity index (χ4v) is 5.17. The van der Waals surface area contributed by atoms with E-state index in [1.807, 2.05) is 0 Å². The van der Waals surface area contributed by atoms with Gasteiger partial charge in [0.1, 0.15) is 0 Å². The van der Waals surface area contributed by atoms with Crippen molar-refractivity contribution < 1.29 is 18.6 Å².